The Kier molecular flexibility index (Phi) is 3.99. The Labute approximate surface area is 128 Å². The molecule has 2 N–H and O–H groups in total. The maximum Gasteiger partial charge on any atom is 0.125 e. The number of hydrogen-bond acceptors (Lipinski definition) is 1. The zero-order valence-electron chi connectivity index (χ0n) is 11.8. The van der Waals surface area contributed by atoms with Gasteiger partial charge in [-0.3, -0.25) is 0 Å². The lowest BCUT2D eigenvalue weighted by Crippen LogP contribution is -3.11. The van der Waals surface area contributed by atoms with Crippen LogP contribution in [-0.4, -0.2) is 18.2 Å². The Hall–Kier alpha value is -1.06. The van der Waals surface area contributed by atoms with Crippen LogP contribution in [0.5, 0.6) is 5.75 Å². The van der Waals surface area contributed by atoms with Crippen LogP contribution in [0.1, 0.15) is 25.3 Å². The van der Waals surface area contributed by atoms with Crippen LogP contribution in [0.3, 0.4) is 0 Å². The Morgan fingerprint density at radius 3 is 2.70 bits per heavy atom. The maximum absolute atomic E-state index is 10.2. The Morgan fingerprint density at radius 1 is 1.20 bits per heavy atom. The number of fused-ring (bicyclic) bond motifs is 1. The van der Waals surface area contributed by atoms with E-state index in [1.165, 1.54) is 36.7 Å². The number of hydrogen-bond donors (Lipinski definition) is 2. The summed E-state index contributed by atoms with van der Waals surface area (Å²) in [6, 6.07) is 10.1. The first-order chi connectivity index (χ1) is 9.63. The smallest absolute Gasteiger partial charge is 0.125 e. The maximum atomic E-state index is 10.2. The van der Waals surface area contributed by atoms with Crippen LogP contribution in [0.15, 0.2) is 34.8 Å². The standard InChI is InChI=1S/C17H20BrNO/c1-12-6-8-19(9-7-12)11-16-15-4-3-14(18)10-13(15)2-5-17(16)20/h2-5,10,12,20H,6-9,11H2,1H3/p+1. The summed E-state index contributed by atoms with van der Waals surface area (Å²) in [5.41, 5.74) is 1.10. The fourth-order valence-corrected chi connectivity index (χ4v) is 3.52. The highest BCUT2D eigenvalue weighted by Crippen LogP contribution is 2.28. The van der Waals surface area contributed by atoms with Crippen molar-refractivity contribution in [1.29, 1.82) is 0 Å². The van der Waals surface area contributed by atoms with Gasteiger partial charge in [0, 0.05) is 4.47 Å². The minimum absolute atomic E-state index is 0.436. The SMILES string of the molecule is CC1CC[NH+](Cc2c(O)ccc3cc(Br)ccc23)CC1. The molecule has 0 spiro atoms. The number of phenolic OH excluding ortho intramolecular Hbond substituents is 1. The molecular weight excluding hydrogens is 314 g/mol. The van der Waals surface area contributed by atoms with E-state index in [1.54, 1.807) is 4.90 Å². The van der Waals surface area contributed by atoms with Gasteiger partial charge < -0.3 is 10.0 Å². The van der Waals surface area contributed by atoms with Crippen molar-refractivity contribution in [2.45, 2.75) is 26.3 Å². The molecule has 0 radical (unpaired) electrons. The molecule has 3 heteroatoms. The molecule has 1 saturated heterocycles. The van der Waals surface area contributed by atoms with Gasteiger partial charge in [0.05, 0.1) is 18.7 Å². The van der Waals surface area contributed by atoms with Crippen LogP contribution in [0, 0.1) is 5.92 Å². The number of rotatable bonds is 2. The highest BCUT2D eigenvalue weighted by molar-refractivity contribution is 9.10. The van der Waals surface area contributed by atoms with Gasteiger partial charge in [-0.2, -0.15) is 0 Å². The van der Waals surface area contributed by atoms with E-state index in [0.29, 0.717) is 5.75 Å². The molecule has 106 valence electrons. The quantitative estimate of drug-likeness (QED) is 0.866. The molecule has 0 aliphatic carbocycles. The molecule has 20 heavy (non-hydrogen) atoms. The predicted molar refractivity (Wildman–Crippen MR) is 86.1 cm³/mol. The summed E-state index contributed by atoms with van der Waals surface area (Å²) < 4.78 is 1.08. The number of piperidine rings is 1. The van der Waals surface area contributed by atoms with Crippen LogP contribution < -0.4 is 4.90 Å². The van der Waals surface area contributed by atoms with Gasteiger partial charge in [-0.1, -0.05) is 35.0 Å². The lowest BCUT2D eigenvalue weighted by molar-refractivity contribution is -0.919. The Bertz CT molecular complexity index is 618. The van der Waals surface area contributed by atoms with E-state index in [-0.39, 0.29) is 0 Å². The minimum Gasteiger partial charge on any atom is -0.507 e. The third kappa shape index (κ3) is 2.84. The van der Waals surface area contributed by atoms with Gasteiger partial charge in [0.25, 0.3) is 0 Å². The largest absolute Gasteiger partial charge is 0.507 e. The van der Waals surface area contributed by atoms with Crippen LogP contribution in [0.4, 0.5) is 0 Å². The van der Waals surface area contributed by atoms with Crippen molar-refractivity contribution in [1.82, 2.24) is 0 Å². The van der Waals surface area contributed by atoms with Crippen LogP contribution in [0.2, 0.25) is 0 Å². The second-order valence-electron chi connectivity index (χ2n) is 6.04. The summed E-state index contributed by atoms with van der Waals surface area (Å²) >= 11 is 3.51. The number of aromatic hydroxyl groups is 1. The van der Waals surface area contributed by atoms with E-state index in [9.17, 15) is 5.11 Å². The third-order valence-corrected chi connectivity index (χ3v) is 4.97. The summed E-state index contributed by atoms with van der Waals surface area (Å²) in [6.07, 6.45) is 2.60. The lowest BCUT2D eigenvalue weighted by Gasteiger charge is -2.27. The van der Waals surface area contributed by atoms with Crippen molar-refractivity contribution in [3.8, 4) is 5.75 Å². The van der Waals surface area contributed by atoms with Gasteiger partial charge in [0.15, 0.2) is 0 Å². The van der Waals surface area contributed by atoms with Gasteiger partial charge in [-0.05, 0) is 47.7 Å². The van der Waals surface area contributed by atoms with Gasteiger partial charge in [0.1, 0.15) is 12.3 Å². The van der Waals surface area contributed by atoms with Crippen molar-refractivity contribution in [2.75, 3.05) is 13.1 Å². The average Bonchev–Trinajstić information content (AvgIpc) is 2.44. The zero-order valence-corrected chi connectivity index (χ0v) is 13.4. The molecule has 3 rings (SSSR count). The fraction of sp³-hybridized carbons (Fsp3) is 0.412. The molecule has 0 bridgehead atoms. The van der Waals surface area contributed by atoms with Crippen LogP contribution >= 0.6 is 15.9 Å². The molecule has 1 aliphatic heterocycles. The normalized spacial score (nSPS) is 23.1. The lowest BCUT2D eigenvalue weighted by atomic mass is 9.97. The fourth-order valence-electron chi connectivity index (χ4n) is 3.14. The van der Waals surface area contributed by atoms with E-state index < -0.39 is 0 Å². The molecule has 0 amide bonds. The molecular formula is C17H21BrNO+. The summed E-state index contributed by atoms with van der Waals surface area (Å²) in [5.74, 6) is 1.29. The molecule has 1 fully saturated rings. The molecule has 1 heterocycles. The van der Waals surface area contributed by atoms with Crippen LogP contribution in [0.25, 0.3) is 10.8 Å². The summed E-state index contributed by atoms with van der Waals surface area (Å²) in [5, 5.41) is 12.6. The predicted octanol–water partition coefficient (Wildman–Crippen LogP) is 3.12. The number of halogens is 1. The van der Waals surface area contributed by atoms with Gasteiger partial charge in [-0.25, -0.2) is 0 Å². The van der Waals surface area contributed by atoms with E-state index in [2.05, 4.69) is 41.1 Å². The molecule has 2 aromatic carbocycles. The number of quaternary nitrogens is 1. The molecule has 1 aliphatic rings. The molecule has 2 nitrogen and oxygen atoms in total. The molecule has 2 aromatic rings. The number of nitrogens with one attached hydrogen (secondary N) is 1. The minimum atomic E-state index is 0.436. The number of phenols is 1. The van der Waals surface area contributed by atoms with Crippen LogP contribution in [-0.2, 0) is 6.54 Å². The van der Waals surface area contributed by atoms with E-state index in [1.807, 2.05) is 12.1 Å². The summed E-state index contributed by atoms with van der Waals surface area (Å²) in [6.45, 7) is 5.70. The zero-order chi connectivity index (χ0) is 14.1. The van der Waals surface area contributed by atoms with E-state index in [4.69, 9.17) is 0 Å². The summed E-state index contributed by atoms with van der Waals surface area (Å²) in [4.78, 5) is 1.59. The molecule has 0 aromatic heterocycles. The monoisotopic (exact) mass is 334 g/mol. The van der Waals surface area contributed by atoms with Gasteiger partial charge in [0.2, 0.25) is 0 Å². The average molecular weight is 335 g/mol. The second-order valence-corrected chi connectivity index (χ2v) is 6.95. The first-order valence-corrected chi connectivity index (χ1v) is 8.16. The van der Waals surface area contributed by atoms with Crippen molar-refractivity contribution in [2.24, 2.45) is 5.92 Å². The van der Waals surface area contributed by atoms with Crippen molar-refractivity contribution >= 4 is 26.7 Å². The number of benzene rings is 2. The van der Waals surface area contributed by atoms with Gasteiger partial charge >= 0.3 is 0 Å². The van der Waals surface area contributed by atoms with Gasteiger partial charge in [-0.15, -0.1) is 0 Å². The highest BCUT2D eigenvalue weighted by Gasteiger charge is 2.21. The van der Waals surface area contributed by atoms with Crippen molar-refractivity contribution in [3.63, 3.8) is 0 Å². The molecule has 0 saturated carbocycles. The molecule has 0 unspecified atom stereocenters. The van der Waals surface area contributed by atoms with E-state index >= 15 is 0 Å². The van der Waals surface area contributed by atoms with Crippen molar-refractivity contribution in [3.05, 3.63) is 40.4 Å². The topological polar surface area (TPSA) is 24.7 Å². The third-order valence-electron chi connectivity index (χ3n) is 4.48. The van der Waals surface area contributed by atoms with E-state index in [0.717, 1.165) is 22.5 Å². The number of likely N-dealkylation sites (tertiary alicyclic amines) is 1. The first kappa shape index (κ1) is 13.9. The van der Waals surface area contributed by atoms with Crippen molar-refractivity contribution < 1.29 is 10.0 Å². The summed E-state index contributed by atoms with van der Waals surface area (Å²) in [7, 11) is 0. The highest BCUT2D eigenvalue weighted by atomic mass is 79.9. The second kappa shape index (κ2) is 5.74. The molecule has 0 atom stereocenters. The Morgan fingerprint density at radius 2 is 1.95 bits per heavy atom. The Balaban J connectivity index is 1.92. The first-order valence-electron chi connectivity index (χ1n) is 7.37.